The van der Waals surface area contributed by atoms with Crippen LogP contribution in [0.5, 0.6) is 0 Å². The first-order valence-corrected chi connectivity index (χ1v) is 7.24. The largest absolute Gasteiger partial charge is 0.373 e. The van der Waals surface area contributed by atoms with Gasteiger partial charge in [-0.3, -0.25) is 0 Å². The van der Waals surface area contributed by atoms with Gasteiger partial charge in [0.05, 0.1) is 11.4 Å². The van der Waals surface area contributed by atoms with Gasteiger partial charge in [0, 0.05) is 33.2 Å². The minimum atomic E-state index is 0.195. The summed E-state index contributed by atoms with van der Waals surface area (Å²) in [5.41, 5.74) is 10.0. The van der Waals surface area contributed by atoms with Gasteiger partial charge >= 0.3 is 0 Å². The molecule has 0 saturated heterocycles. The first-order valence-electron chi connectivity index (χ1n) is 7.24. The summed E-state index contributed by atoms with van der Waals surface area (Å²) in [6.45, 7) is 10.7. The molecule has 2 N–H and O–H groups in total. The van der Waals surface area contributed by atoms with Gasteiger partial charge in [-0.15, -0.1) is 0 Å². The molecule has 0 aliphatic carbocycles. The summed E-state index contributed by atoms with van der Waals surface area (Å²) in [7, 11) is 2.19. The van der Waals surface area contributed by atoms with E-state index in [1.165, 1.54) is 23.4 Å². The summed E-state index contributed by atoms with van der Waals surface area (Å²) in [5, 5.41) is 0. The molecular formula is C16H27N3. The van der Waals surface area contributed by atoms with Crippen molar-refractivity contribution in [3.05, 3.63) is 23.8 Å². The van der Waals surface area contributed by atoms with Crippen molar-refractivity contribution in [2.75, 3.05) is 43.0 Å². The van der Waals surface area contributed by atoms with Crippen LogP contribution in [0.4, 0.5) is 11.4 Å². The van der Waals surface area contributed by atoms with Gasteiger partial charge in [-0.25, -0.2) is 0 Å². The van der Waals surface area contributed by atoms with Crippen molar-refractivity contribution >= 4 is 11.4 Å². The normalized spacial score (nSPS) is 16.3. The predicted octanol–water partition coefficient (Wildman–Crippen LogP) is 2.59. The predicted molar refractivity (Wildman–Crippen MR) is 84.3 cm³/mol. The third-order valence-corrected chi connectivity index (χ3v) is 3.91. The molecule has 0 spiro atoms. The van der Waals surface area contributed by atoms with Crippen molar-refractivity contribution < 1.29 is 0 Å². The fourth-order valence-corrected chi connectivity index (χ4v) is 2.69. The quantitative estimate of drug-likeness (QED) is 0.888. The fraction of sp³-hybridized carbons (Fsp3) is 0.625. The molecule has 1 aliphatic heterocycles. The highest BCUT2D eigenvalue weighted by molar-refractivity contribution is 5.73. The Morgan fingerprint density at radius 3 is 2.53 bits per heavy atom. The van der Waals surface area contributed by atoms with Crippen LogP contribution >= 0.6 is 0 Å². The van der Waals surface area contributed by atoms with Crippen LogP contribution in [0.1, 0.15) is 32.8 Å². The topological polar surface area (TPSA) is 32.5 Å². The number of rotatable bonds is 2. The minimum absolute atomic E-state index is 0.195. The molecule has 0 amide bonds. The Morgan fingerprint density at radius 2 is 1.89 bits per heavy atom. The van der Waals surface area contributed by atoms with E-state index in [0.717, 1.165) is 19.6 Å². The van der Waals surface area contributed by atoms with Crippen LogP contribution in [0.3, 0.4) is 0 Å². The number of hydrogen-bond acceptors (Lipinski definition) is 3. The zero-order valence-corrected chi connectivity index (χ0v) is 12.7. The summed E-state index contributed by atoms with van der Waals surface area (Å²) in [6, 6.07) is 6.89. The summed E-state index contributed by atoms with van der Waals surface area (Å²) in [6.07, 6.45) is 1.19. The monoisotopic (exact) mass is 261 g/mol. The molecule has 0 fully saturated rings. The van der Waals surface area contributed by atoms with Crippen molar-refractivity contribution in [1.29, 1.82) is 0 Å². The smallest absolute Gasteiger partial charge is 0.0604 e. The third-order valence-electron chi connectivity index (χ3n) is 3.91. The van der Waals surface area contributed by atoms with E-state index in [4.69, 9.17) is 5.73 Å². The molecule has 19 heavy (non-hydrogen) atoms. The number of nitrogens with zero attached hydrogens (tertiary/aromatic N) is 2. The van der Waals surface area contributed by atoms with Crippen LogP contribution in [-0.4, -0.2) is 33.2 Å². The molecule has 0 saturated carbocycles. The maximum atomic E-state index is 5.75. The zero-order valence-electron chi connectivity index (χ0n) is 12.7. The molecule has 0 atom stereocenters. The molecule has 3 heteroatoms. The van der Waals surface area contributed by atoms with Crippen LogP contribution in [0.25, 0.3) is 0 Å². The van der Waals surface area contributed by atoms with Crippen molar-refractivity contribution in [1.82, 2.24) is 0 Å². The van der Waals surface area contributed by atoms with Gasteiger partial charge in [0.1, 0.15) is 0 Å². The average Bonchev–Trinajstić information content (AvgIpc) is 2.49. The third kappa shape index (κ3) is 3.03. The molecule has 1 aliphatic rings. The van der Waals surface area contributed by atoms with Crippen molar-refractivity contribution in [2.24, 2.45) is 5.73 Å². The van der Waals surface area contributed by atoms with Gasteiger partial charge in [-0.05, 0) is 29.5 Å². The van der Waals surface area contributed by atoms with Crippen LogP contribution in [0.2, 0.25) is 0 Å². The first kappa shape index (κ1) is 14.2. The molecular weight excluding hydrogens is 234 g/mol. The van der Waals surface area contributed by atoms with Gasteiger partial charge in [-0.2, -0.15) is 0 Å². The Morgan fingerprint density at radius 1 is 1.16 bits per heavy atom. The van der Waals surface area contributed by atoms with E-state index in [1.54, 1.807) is 0 Å². The summed E-state index contributed by atoms with van der Waals surface area (Å²) in [4.78, 5) is 4.80. The summed E-state index contributed by atoms with van der Waals surface area (Å²) >= 11 is 0. The highest BCUT2D eigenvalue weighted by Gasteiger charge is 2.21. The van der Waals surface area contributed by atoms with Crippen LogP contribution in [0, 0.1) is 0 Å². The van der Waals surface area contributed by atoms with E-state index < -0.39 is 0 Å². The zero-order chi connectivity index (χ0) is 14.0. The highest BCUT2D eigenvalue weighted by atomic mass is 15.2. The Labute approximate surface area is 117 Å². The molecule has 1 heterocycles. The Balaban J connectivity index is 2.44. The second-order valence-electron chi connectivity index (χ2n) is 6.50. The van der Waals surface area contributed by atoms with Crippen LogP contribution in [-0.2, 0) is 5.41 Å². The molecule has 1 aromatic carbocycles. The van der Waals surface area contributed by atoms with E-state index in [2.05, 4.69) is 55.8 Å². The molecule has 3 nitrogen and oxygen atoms in total. The molecule has 0 aromatic heterocycles. The number of hydrogen-bond donors (Lipinski definition) is 1. The maximum Gasteiger partial charge on any atom is 0.0604 e. The molecule has 0 radical (unpaired) electrons. The molecule has 1 aromatic rings. The first-order chi connectivity index (χ1) is 8.93. The van der Waals surface area contributed by atoms with Gasteiger partial charge in [-0.1, -0.05) is 26.8 Å². The Bertz CT molecular complexity index is 434. The lowest BCUT2D eigenvalue weighted by Crippen LogP contribution is -2.30. The van der Waals surface area contributed by atoms with E-state index in [9.17, 15) is 0 Å². The van der Waals surface area contributed by atoms with Crippen molar-refractivity contribution in [3.8, 4) is 0 Å². The van der Waals surface area contributed by atoms with Gasteiger partial charge in [0.2, 0.25) is 0 Å². The second kappa shape index (κ2) is 5.41. The second-order valence-corrected chi connectivity index (χ2v) is 6.50. The maximum absolute atomic E-state index is 5.75. The number of fused-ring (bicyclic) bond motifs is 1. The lowest BCUT2D eigenvalue weighted by Gasteiger charge is -2.28. The molecule has 106 valence electrons. The average molecular weight is 261 g/mol. The Hall–Kier alpha value is -1.22. The summed E-state index contributed by atoms with van der Waals surface area (Å²) < 4.78 is 0. The summed E-state index contributed by atoms with van der Waals surface area (Å²) in [5.74, 6) is 0. The number of nitrogens with two attached hydrogens (primary N) is 1. The van der Waals surface area contributed by atoms with Gasteiger partial charge in [0.15, 0.2) is 0 Å². The SMILES string of the molecule is CN1CCCN(CCN)c2ccc(C(C)(C)C)cc21. The molecule has 0 unspecified atom stereocenters. The van der Waals surface area contributed by atoms with E-state index >= 15 is 0 Å². The van der Waals surface area contributed by atoms with Crippen molar-refractivity contribution in [3.63, 3.8) is 0 Å². The van der Waals surface area contributed by atoms with Gasteiger partial charge < -0.3 is 15.5 Å². The minimum Gasteiger partial charge on any atom is -0.373 e. The fourth-order valence-electron chi connectivity index (χ4n) is 2.69. The number of benzene rings is 1. The molecule has 2 rings (SSSR count). The van der Waals surface area contributed by atoms with Crippen LogP contribution in [0.15, 0.2) is 18.2 Å². The lowest BCUT2D eigenvalue weighted by atomic mass is 9.86. The van der Waals surface area contributed by atoms with Crippen molar-refractivity contribution in [2.45, 2.75) is 32.6 Å². The van der Waals surface area contributed by atoms with E-state index in [1.807, 2.05) is 0 Å². The lowest BCUT2D eigenvalue weighted by molar-refractivity contribution is 0.590. The standard InChI is InChI=1S/C16H27N3/c1-16(2,3)13-6-7-14-15(12-13)18(4)9-5-10-19(14)11-8-17/h6-7,12H,5,8-11,17H2,1-4H3. The molecule has 0 bridgehead atoms. The van der Waals surface area contributed by atoms with Crippen LogP contribution < -0.4 is 15.5 Å². The number of anilines is 2. The van der Waals surface area contributed by atoms with E-state index in [0.29, 0.717) is 6.54 Å². The van der Waals surface area contributed by atoms with Gasteiger partial charge in [0.25, 0.3) is 0 Å². The Kier molecular flexibility index (Phi) is 4.04. The van der Waals surface area contributed by atoms with E-state index in [-0.39, 0.29) is 5.41 Å². The highest BCUT2D eigenvalue weighted by Crippen LogP contribution is 2.35.